The third kappa shape index (κ3) is 4.28. The Balaban J connectivity index is 1.78. The van der Waals surface area contributed by atoms with Crippen LogP contribution in [0.25, 0.3) is 22.0 Å². The molecule has 1 fully saturated rings. The molecule has 0 aliphatic heterocycles. The van der Waals surface area contributed by atoms with Crippen molar-refractivity contribution in [3.8, 4) is 11.1 Å². The molecule has 0 saturated heterocycles. The second kappa shape index (κ2) is 8.26. The average molecular weight is 410 g/mol. The van der Waals surface area contributed by atoms with Crippen molar-refractivity contribution < 1.29 is 13.6 Å². The summed E-state index contributed by atoms with van der Waals surface area (Å²) < 4.78 is 20.6. The summed E-state index contributed by atoms with van der Waals surface area (Å²) in [7, 11) is 0. The van der Waals surface area contributed by atoms with E-state index in [1.165, 1.54) is 12.8 Å². The third-order valence-electron chi connectivity index (χ3n) is 5.27. The predicted molar refractivity (Wildman–Crippen MR) is 115 cm³/mol. The van der Waals surface area contributed by atoms with E-state index in [2.05, 4.69) is 27.8 Å². The van der Waals surface area contributed by atoms with Crippen LogP contribution in [0, 0.1) is 5.92 Å². The number of hydrogen-bond donors (Lipinski definition) is 3. The Morgan fingerprint density at radius 1 is 1.24 bits per heavy atom. The van der Waals surface area contributed by atoms with Gasteiger partial charge in [-0.3, -0.25) is 4.79 Å². The predicted octanol–water partition coefficient (Wildman–Crippen LogP) is 3.80. The molecule has 0 radical (unpaired) electrons. The fourth-order valence-electron chi connectivity index (χ4n) is 3.58. The topological polar surface area (TPSA) is 104 Å². The summed E-state index contributed by atoms with van der Waals surface area (Å²) in [6.07, 6.45) is 3.00. The molecule has 2 aromatic carbocycles. The molecule has 3 N–H and O–H groups in total. The molecule has 1 heterocycles. The van der Waals surface area contributed by atoms with Crippen molar-refractivity contribution in [2.75, 3.05) is 10.6 Å². The summed E-state index contributed by atoms with van der Waals surface area (Å²) in [4.78, 5) is 11.0. The number of benzene rings is 2. The smallest absolute Gasteiger partial charge is 0.212 e. The molecular formula is C21H22N4O3S. The first kappa shape index (κ1) is 19.5. The number of nitrogens with zero attached hydrogens (tertiary/aromatic N) is 2. The van der Waals surface area contributed by atoms with Gasteiger partial charge in [0.2, 0.25) is 6.41 Å². The van der Waals surface area contributed by atoms with Crippen molar-refractivity contribution in [3.63, 3.8) is 0 Å². The standard InChI is InChI=1S/C21H22N4O3S/c1-13(14-6-7-14)23-20-18-9-8-15(10-19(18)24-25-21(20)22-12-26)17-5-3-2-4-16(17)11-29(27)28/h2-5,8-10,12-14H,6-7,11H2,1H3,(H,23,24)(H,27,28)(H,22,25,26)/t13-/m1/s1. The number of aromatic nitrogens is 2. The van der Waals surface area contributed by atoms with Crippen LogP contribution in [0.15, 0.2) is 42.5 Å². The van der Waals surface area contributed by atoms with E-state index in [0.29, 0.717) is 23.7 Å². The summed E-state index contributed by atoms with van der Waals surface area (Å²) in [6.45, 7) is 2.13. The number of nitrogens with one attached hydrogen (secondary N) is 2. The van der Waals surface area contributed by atoms with Gasteiger partial charge in [-0.2, -0.15) is 0 Å². The van der Waals surface area contributed by atoms with Crippen molar-refractivity contribution in [1.29, 1.82) is 0 Å². The fraction of sp³-hybridized carbons (Fsp3) is 0.286. The first-order valence-electron chi connectivity index (χ1n) is 9.49. The van der Waals surface area contributed by atoms with Crippen molar-refractivity contribution in [3.05, 3.63) is 48.0 Å². The lowest BCUT2D eigenvalue weighted by Crippen LogP contribution is -2.19. The minimum absolute atomic E-state index is 0.0633. The number of hydrogen-bond acceptors (Lipinski definition) is 5. The van der Waals surface area contributed by atoms with Gasteiger partial charge in [-0.1, -0.05) is 30.3 Å². The summed E-state index contributed by atoms with van der Waals surface area (Å²) >= 11 is -1.92. The van der Waals surface area contributed by atoms with Crippen LogP contribution in [0.4, 0.5) is 11.5 Å². The van der Waals surface area contributed by atoms with Gasteiger partial charge in [-0.15, -0.1) is 10.2 Å². The van der Waals surface area contributed by atoms with E-state index in [1.807, 2.05) is 42.5 Å². The number of amides is 1. The van der Waals surface area contributed by atoms with Crippen LogP contribution in [0.2, 0.25) is 0 Å². The summed E-state index contributed by atoms with van der Waals surface area (Å²) in [5, 5.41) is 15.5. The van der Waals surface area contributed by atoms with Gasteiger partial charge in [0.05, 0.1) is 17.0 Å². The van der Waals surface area contributed by atoms with Crippen LogP contribution >= 0.6 is 0 Å². The van der Waals surface area contributed by atoms with Crippen LogP contribution < -0.4 is 10.6 Å². The number of fused-ring (bicyclic) bond motifs is 1. The Morgan fingerprint density at radius 3 is 2.76 bits per heavy atom. The van der Waals surface area contributed by atoms with Crippen LogP contribution in [0.5, 0.6) is 0 Å². The highest BCUT2D eigenvalue weighted by Crippen LogP contribution is 2.37. The zero-order valence-electron chi connectivity index (χ0n) is 16.0. The van der Waals surface area contributed by atoms with Crippen molar-refractivity contribution in [2.24, 2.45) is 5.92 Å². The first-order chi connectivity index (χ1) is 14.1. The molecule has 2 atom stereocenters. The highest BCUT2D eigenvalue weighted by atomic mass is 32.2. The van der Waals surface area contributed by atoms with Crippen LogP contribution in [0.1, 0.15) is 25.3 Å². The first-order valence-corrected chi connectivity index (χ1v) is 10.8. The van der Waals surface area contributed by atoms with Crippen LogP contribution in [-0.2, 0) is 21.6 Å². The Kier molecular flexibility index (Phi) is 5.55. The van der Waals surface area contributed by atoms with E-state index in [1.54, 1.807) is 0 Å². The second-order valence-corrected chi connectivity index (χ2v) is 8.24. The van der Waals surface area contributed by atoms with Gasteiger partial charge in [-0.25, -0.2) is 4.21 Å². The second-order valence-electron chi connectivity index (χ2n) is 7.31. The zero-order valence-corrected chi connectivity index (χ0v) is 16.8. The molecule has 3 aromatic rings. The van der Waals surface area contributed by atoms with Crippen molar-refractivity contribution >= 4 is 39.9 Å². The number of anilines is 2. The molecule has 29 heavy (non-hydrogen) atoms. The van der Waals surface area contributed by atoms with Gasteiger partial charge in [0.1, 0.15) is 0 Å². The average Bonchev–Trinajstić information content (AvgIpc) is 3.55. The number of carbonyl (C=O) groups is 1. The summed E-state index contributed by atoms with van der Waals surface area (Å²) in [5.74, 6) is 1.10. The van der Waals surface area contributed by atoms with Gasteiger partial charge >= 0.3 is 0 Å². The normalized spacial score (nSPS) is 15.7. The quantitative estimate of drug-likeness (QED) is 0.385. The molecule has 0 bridgehead atoms. The monoisotopic (exact) mass is 410 g/mol. The molecular weight excluding hydrogens is 388 g/mol. The van der Waals surface area contributed by atoms with Gasteiger partial charge in [0.15, 0.2) is 16.9 Å². The van der Waals surface area contributed by atoms with Gasteiger partial charge < -0.3 is 15.2 Å². The van der Waals surface area contributed by atoms with E-state index in [9.17, 15) is 13.6 Å². The van der Waals surface area contributed by atoms with Gasteiger partial charge in [0, 0.05) is 11.4 Å². The molecule has 0 spiro atoms. The summed E-state index contributed by atoms with van der Waals surface area (Å²) in [5.41, 5.74) is 4.02. The maximum absolute atomic E-state index is 11.3. The Hall–Kier alpha value is -2.84. The van der Waals surface area contributed by atoms with E-state index in [0.717, 1.165) is 27.8 Å². The lowest BCUT2D eigenvalue weighted by molar-refractivity contribution is -0.105. The van der Waals surface area contributed by atoms with E-state index >= 15 is 0 Å². The minimum atomic E-state index is -1.92. The number of carbonyl (C=O) groups excluding carboxylic acids is 1. The van der Waals surface area contributed by atoms with E-state index in [4.69, 9.17) is 0 Å². The van der Waals surface area contributed by atoms with Crippen molar-refractivity contribution in [2.45, 2.75) is 31.6 Å². The van der Waals surface area contributed by atoms with E-state index < -0.39 is 11.1 Å². The molecule has 4 rings (SSSR count). The fourth-order valence-corrected chi connectivity index (χ4v) is 4.10. The van der Waals surface area contributed by atoms with Crippen molar-refractivity contribution in [1.82, 2.24) is 10.2 Å². The highest BCUT2D eigenvalue weighted by Gasteiger charge is 2.29. The molecule has 8 heteroatoms. The maximum Gasteiger partial charge on any atom is 0.212 e. The molecule has 1 saturated carbocycles. The van der Waals surface area contributed by atoms with Gasteiger partial charge in [-0.05, 0) is 54.5 Å². The van der Waals surface area contributed by atoms with E-state index in [-0.39, 0.29) is 11.8 Å². The molecule has 1 aliphatic carbocycles. The molecule has 1 aliphatic rings. The summed E-state index contributed by atoms with van der Waals surface area (Å²) in [6, 6.07) is 13.6. The Labute approximate surface area is 171 Å². The minimum Gasteiger partial charge on any atom is -0.379 e. The largest absolute Gasteiger partial charge is 0.379 e. The molecule has 1 aromatic heterocycles. The SMILES string of the molecule is C[C@@H](Nc1c(NC=O)nnc2cc(-c3ccccc3CS(=O)O)ccc12)C1CC1. The van der Waals surface area contributed by atoms with Crippen LogP contribution in [0.3, 0.4) is 0 Å². The van der Waals surface area contributed by atoms with Crippen LogP contribution in [-0.4, -0.2) is 31.4 Å². The van der Waals surface area contributed by atoms with Gasteiger partial charge in [0.25, 0.3) is 0 Å². The maximum atomic E-state index is 11.3. The third-order valence-corrected chi connectivity index (χ3v) is 5.82. The molecule has 150 valence electrons. The lowest BCUT2D eigenvalue weighted by Gasteiger charge is -2.18. The molecule has 1 unspecified atom stereocenters. The number of rotatable bonds is 8. The Bertz CT molecular complexity index is 1080. The zero-order chi connectivity index (χ0) is 20.4. The lowest BCUT2D eigenvalue weighted by atomic mass is 9.99. The molecule has 7 nitrogen and oxygen atoms in total. The highest BCUT2D eigenvalue weighted by molar-refractivity contribution is 7.78. The molecule has 1 amide bonds. The Morgan fingerprint density at radius 2 is 2.03 bits per heavy atom.